The van der Waals surface area contributed by atoms with Crippen LogP contribution < -0.4 is 9.47 Å². The van der Waals surface area contributed by atoms with E-state index in [4.69, 9.17) is 14.2 Å². The molecule has 0 bridgehead atoms. The van der Waals surface area contributed by atoms with Crippen molar-refractivity contribution in [2.45, 2.75) is 6.92 Å². The maximum atomic E-state index is 14.6. The third-order valence-corrected chi connectivity index (χ3v) is 5.03. The highest BCUT2D eigenvalue weighted by Gasteiger charge is 2.05. The molecule has 0 heterocycles. The number of hydrogen-bond acceptors (Lipinski definition) is 5. The van der Waals surface area contributed by atoms with Crippen LogP contribution in [-0.4, -0.2) is 25.2 Å². The van der Waals surface area contributed by atoms with Crippen molar-refractivity contribution in [1.29, 1.82) is 0 Å². The summed E-state index contributed by atoms with van der Waals surface area (Å²) >= 11 is 0. The molecule has 3 aromatic carbocycles. The molecule has 0 aliphatic rings. The minimum atomic E-state index is -0.490. The van der Waals surface area contributed by atoms with E-state index in [0.29, 0.717) is 28.2 Å². The van der Waals surface area contributed by atoms with Crippen molar-refractivity contribution in [2.75, 3.05) is 13.2 Å². The Morgan fingerprint density at radius 1 is 0.811 bits per heavy atom. The first-order valence-electron chi connectivity index (χ1n) is 11.5. The highest BCUT2D eigenvalue weighted by Crippen LogP contribution is 2.19. The molecule has 0 saturated heterocycles. The molecular weight excluding hydrogens is 471 g/mol. The Hall–Kier alpha value is -4.71. The topological polar surface area (TPSA) is 61.8 Å². The zero-order valence-corrected chi connectivity index (χ0v) is 20.5. The second kappa shape index (κ2) is 13.4. The largest absolute Gasteiger partial charge is 0.490 e. The SMILES string of the molecule is C=CC(=O)OCCOc1ccc(C=Cc2ccc(C=Cc3ccc(OC(=O)C(=C)C)cc3)cc2F)cc1. The van der Waals surface area contributed by atoms with Crippen LogP contribution in [0.3, 0.4) is 0 Å². The fourth-order valence-electron chi connectivity index (χ4n) is 3.04. The average molecular weight is 499 g/mol. The first kappa shape index (κ1) is 26.9. The molecule has 0 aliphatic carbocycles. The molecule has 37 heavy (non-hydrogen) atoms. The Kier molecular flexibility index (Phi) is 9.74. The van der Waals surface area contributed by atoms with Gasteiger partial charge < -0.3 is 14.2 Å². The van der Waals surface area contributed by atoms with Crippen molar-refractivity contribution in [2.24, 2.45) is 0 Å². The molecule has 0 atom stereocenters. The lowest BCUT2D eigenvalue weighted by atomic mass is 10.1. The van der Waals surface area contributed by atoms with Crippen LogP contribution in [-0.2, 0) is 14.3 Å². The smallest absolute Gasteiger partial charge is 0.338 e. The maximum absolute atomic E-state index is 14.6. The normalized spacial score (nSPS) is 10.9. The van der Waals surface area contributed by atoms with Gasteiger partial charge in [0.15, 0.2) is 0 Å². The van der Waals surface area contributed by atoms with E-state index in [2.05, 4.69) is 13.2 Å². The van der Waals surface area contributed by atoms with Crippen LogP contribution in [0.2, 0.25) is 0 Å². The summed E-state index contributed by atoms with van der Waals surface area (Å²) in [6.07, 6.45) is 8.27. The fraction of sp³-hybridized carbons (Fsp3) is 0.0968. The highest BCUT2D eigenvalue weighted by atomic mass is 19.1. The van der Waals surface area contributed by atoms with E-state index in [-0.39, 0.29) is 19.0 Å². The van der Waals surface area contributed by atoms with Gasteiger partial charge in [-0.3, -0.25) is 0 Å². The van der Waals surface area contributed by atoms with E-state index in [1.165, 1.54) is 6.07 Å². The summed E-state index contributed by atoms with van der Waals surface area (Å²) in [5.41, 5.74) is 3.27. The minimum absolute atomic E-state index is 0.135. The van der Waals surface area contributed by atoms with Crippen molar-refractivity contribution in [1.82, 2.24) is 0 Å². The van der Waals surface area contributed by atoms with E-state index in [9.17, 15) is 14.0 Å². The average Bonchev–Trinajstić information content (AvgIpc) is 2.90. The fourth-order valence-corrected chi connectivity index (χ4v) is 3.04. The summed E-state index contributed by atoms with van der Waals surface area (Å²) < 4.78 is 30.2. The van der Waals surface area contributed by atoms with Gasteiger partial charge in [-0.25, -0.2) is 14.0 Å². The van der Waals surface area contributed by atoms with Crippen LogP contribution in [0.5, 0.6) is 11.5 Å². The number of carbonyl (C=O) groups is 2. The monoisotopic (exact) mass is 498 g/mol. The predicted octanol–water partition coefficient (Wildman–Crippen LogP) is 6.76. The molecule has 0 aromatic heterocycles. The molecule has 188 valence electrons. The summed E-state index contributed by atoms with van der Waals surface area (Å²) in [6, 6.07) is 19.3. The molecule has 0 amide bonds. The lowest BCUT2D eigenvalue weighted by molar-refractivity contribution is -0.138. The summed E-state index contributed by atoms with van der Waals surface area (Å²) in [6.45, 7) is 8.84. The molecule has 0 fully saturated rings. The zero-order valence-electron chi connectivity index (χ0n) is 20.5. The molecule has 0 radical (unpaired) electrons. The maximum Gasteiger partial charge on any atom is 0.338 e. The molecule has 6 heteroatoms. The van der Waals surface area contributed by atoms with Gasteiger partial charge in [0, 0.05) is 17.2 Å². The summed E-state index contributed by atoms with van der Waals surface area (Å²) in [4.78, 5) is 22.6. The zero-order chi connectivity index (χ0) is 26.6. The van der Waals surface area contributed by atoms with Crippen LogP contribution in [0.1, 0.15) is 29.2 Å². The molecule has 0 saturated carbocycles. The first-order chi connectivity index (χ1) is 17.8. The Bertz CT molecular complexity index is 1320. The van der Waals surface area contributed by atoms with Gasteiger partial charge in [-0.2, -0.15) is 0 Å². The third-order valence-electron chi connectivity index (χ3n) is 5.03. The number of hydrogen-bond donors (Lipinski definition) is 0. The molecule has 0 N–H and O–H groups in total. The standard InChI is InChI=1S/C31H27FO5/c1-4-30(33)36-20-19-35-27-15-9-24(10-16-27)7-13-26-14-8-25(21-29(26)32)6-5-23-11-17-28(18-12-23)37-31(34)22(2)3/h4-18,21H,1-2,19-20H2,3H3. The predicted molar refractivity (Wildman–Crippen MR) is 144 cm³/mol. The Morgan fingerprint density at radius 3 is 1.97 bits per heavy atom. The van der Waals surface area contributed by atoms with Gasteiger partial charge in [-0.15, -0.1) is 0 Å². The number of halogens is 1. The van der Waals surface area contributed by atoms with Crippen LogP contribution in [0.15, 0.2) is 91.5 Å². The van der Waals surface area contributed by atoms with Crippen molar-refractivity contribution >= 4 is 36.2 Å². The quantitative estimate of drug-likeness (QED) is 0.0961. The summed E-state index contributed by atoms with van der Waals surface area (Å²) in [5.74, 6) is -0.234. The number of esters is 2. The Balaban J connectivity index is 1.54. The summed E-state index contributed by atoms with van der Waals surface area (Å²) in [5, 5.41) is 0. The second-order valence-corrected chi connectivity index (χ2v) is 7.98. The Labute approximate surface area is 215 Å². The lowest BCUT2D eigenvalue weighted by Gasteiger charge is -2.06. The lowest BCUT2D eigenvalue weighted by Crippen LogP contribution is -2.10. The Morgan fingerprint density at radius 2 is 1.38 bits per heavy atom. The van der Waals surface area contributed by atoms with Gasteiger partial charge in [0.25, 0.3) is 0 Å². The number of carbonyl (C=O) groups excluding carboxylic acids is 2. The van der Waals surface area contributed by atoms with Crippen LogP contribution in [0, 0.1) is 5.82 Å². The van der Waals surface area contributed by atoms with E-state index in [1.54, 1.807) is 55.5 Å². The van der Waals surface area contributed by atoms with Crippen LogP contribution in [0.25, 0.3) is 24.3 Å². The first-order valence-corrected chi connectivity index (χ1v) is 11.5. The van der Waals surface area contributed by atoms with Crippen molar-refractivity contribution in [3.8, 4) is 11.5 Å². The second-order valence-electron chi connectivity index (χ2n) is 7.98. The van der Waals surface area contributed by atoms with E-state index < -0.39 is 11.9 Å². The van der Waals surface area contributed by atoms with Gasteiger partial charge in [0.2, 0.25) is 0 Å². The van der Waals surface area contributed by atoms with Crippen molar-refractivity contribution in [3.63, 3.8) is 0 Å². The molecule has 0 aliphatic heterocycles. The van der Waals surface area contributed by atoms with E-state index in [1.807, 2.05) is 36.4 Å². The van der Waals surface area contributed by atoms with Gasteiger partial charge in [0.05, 0.1) is 0 Å². The van der Waals surface area contributed by atoms with Crippen LogP contribution in [0.4, 0.5) is 4.39 Å². The van der Waals surface area contributed by atoms with E-state index in [0.717, 1.165) is 17.2 Å². The molecular formula is C31H27FO5. The van der Waals surface area contributed by atoms with E-state index >= 15 is 0 Å². The number of benzene rings is 3. The van der Waals surface area contributed by atoms with Crippen molar-refractivity contribution < 1.29 is 28.2 Å². The van der Waals surface area contributed by atoms with Crippen LogP contribution >= 0.6 is 0 Å². The van der Waals surface area contributed by atoms with Gasteiger partial charge in [0.1, 0.15) is 30.5 Å². The molecule has 0 unspecified atom stereocenters. The number of rotatable bonds is 11. The molecule has 3 rings (SSSR count). The minimum Gasteiger partial charge on any atom is -0.490 e. The van der Waals surface area contributed by atoms with Crippen molar-refractivity contribution in [3.05, 3.63) is 120 Å². The number of ether oxygens (including phenoxy) is 3. The van der Waals surface area contributed by atoms with Gasteiger partial charge in [-0.05, 0) is 53.9 Å². The van der Waals surface area contributed by atoms with Gasteiger partial charge >= 0.3 is 11.9 Å². The third kappa shape index (κ3) is 8.78. The van der Waals surface area contributed by atoms with Gasteiger partial charge in [-0.1, -0.05) is 73.9 Å². The molecule has 0 spiro atoms. The highest BCUT2D eigenvalue weighted by molar-refractivity contribution is 5.88. The molecule has 5 nitrogen and oxygen atoms in total. The molecule has 3 aromatic rings. The summed E-state index contributed by atoms with van der Waals surface area (Å²) in [7, 11) is 0.